The molecule has 0 radical (unpaired) electrons. The second-order valence-electron chi connectivity index (χ2n) is 9.59. The number of amides is 1. The number of unbranched alkanes of at least 4 members (excludes halogenated alkanes) is 1. The molecule has 1 aliphatic rings. The van der Waals surface area contributed by atoms with Crippen molar-refractivity contribution in [1.82, 2.24) is 5.32 Å². The lowest BCUT2D eigenvalue weighted by Gasteiger charge is -2.38. The van der Waals surface area contributed by atoms with Crippen LogP contribution in [-0.4, -0.2) is 48.7 Å². The van der Waals surface area contributed by atoms with E-state index in [4.69, 9.17) is 8.23 Å². The molecule has 0 spiro atoms. The summed E-state index contributed by atoms with van der Waals surface area (Å²) in [6, 6.07) is 0.957. The Balaban J connectivity index is 2.24. The van der Waals surface area contributed by atoms with E-state index in [0.717, 1.165) is 30.7 Å². The van der Waals surface area contributed by atoms with Crippen LogP contribution < -0.4 is 5.32 Å². The maximum atomic E-state index is 12.1. The molecule has 1 atom stereocenters. The standard InChI is InChI=1S/C18H41NO3S2Si3/c1-25(2,3)21-27(7,22-26(4,5)6)16-10-14-19-18(20)12-9-8-11-17-13-15-23-24-17/h17H,8-16H2,1-7H3,(H,19,20). The maximum absolute atomic E-state index is 12.1. The molecule has 1 saturated heterocycles. The Kier molecular flexibility index (Phi) is 11.3. The highest BCUT2D eigenvalue weighted by molar-refractivity contribution is 8.77. The van der Waals surface area contributed by atoms with E-state index in [0.29, 0.717) is 6.42 Å². The van der Waals surface area contributed by atoms with Gasteiger partial charge in [0.2, 0.25) is 5.91 Å². The van der Waals surface area contributed by atoms with Gasteiger partial charge >= 0.3 is 8.56 Å². The van der Waals surface area contributed by atoms with E-state index in [1.807, 2.05) is 21.6 Å². The molecule has 0 aromatic rings. The minimum absolute atomic E-state index is 0.198. The van der Waals surface area contributed by atoms with Gasteiger partial charge in [-0.1, -0.05) is 28.0 Å². The van der Waals surface area contributed by atoms with Crippen molar-refractivity contribution in [3.63, 3.8) is 0 Å². The van der Waals surface area contributed by atoms with Gasteiger partial charge < -0.3 is 13.5 Å². The fraction of sp³-hybridized carbons (Fsp3) is 0.944. The number of carbonyl (C=O) groups is 1. The topological polar surface area (TPSA) is 47.6 Å². The molecule has 1 rings (SSSR count). The third kappa shape index (κ3) is 13.6. The van der Waals surface area contributed by atoms with Crippen molar-refractivity contribution in [2.45, 2.75) is 95.6 Å². The van der Waals surface area contributed by atoms with E-state index in [2.05, 4.69) is 51.1 Å². The molecule has 1 heterocycles. The van der Waals surface area contributed by atoms with Crippen LogP contribution >= 0.6 is 21.6 Å². The van der Waals surface area contributed by atoms with Crippen molar-refractivity contribution in [1.29, 1.82) is 0 Å². The molecule has 0 saturated carbocycles. The van der Waals surface area contributed by atoms with Crippen LogP contribution in [0.3, 0.4) is 0 Å². The van der Waals surface area contributed by atoms with E-state index < -0.39 is 25.2 Å². The monoisotopic (exact) mass is 467 g/mol. The fourth-order valence-electron chi connectivity index (χ4n) is 3.37. The molecule has 27 heavy (non-hydrogen) atoms. The number of hydrogen-bond donors (Lipinski definition) is 1. The zero-order chi connectivity index (χ0) is 20.6. The Hall–Kier alpha value is 0.741. The van der Waals surface area contributed by atoms with E-state index in [1.165, 1.54) is 25.0 Å². The Bertz CT molecular complexity index is 434. The largest absolute Gasteiger partial charge is 0.437 e. The SMILES string of the molecule is C[Si](C)(C)O[Si](C)(CCCNC(=O)CCCCC1CCSS1)O[Si](C)(C)C. The first-order valence-corrected chi connectivity index (χ1v) is 22.1. The molecule has 0 aromatic carbocycles. The van der Waals surface area contributed by atoms with E-state index in [1.54, 1.807) is 0 Å². The molecule has 1 N–H and O–H groups in total. The average molecular weight is 468 g/mol. The summed E-state index contributed by atoms with van der Waals surface area (Å²) >= 11 is 0. The lowest BCUT2D eigenvalue weighted by atomic mass is 10.1. The maximum Gasteiger partial charge on any atom is 0.314 e. The van der Waals surface area contributed by atoms with Crippen molar-refractivity contribution in [3.05, 3.63) is 0 Å². The molecule has 0 aromatic heterocycles. The van der Waals surface area contributed by atoms with E-state index in [-0.39, 0.29) is 5.91 Å². The Labute approximate surface area is 178 Å². The molecule has 1 fully saturated rings. The van der Waals surface area contributed by atoms with Crippen LogP contribution in [0.4, 0.5) is 0 Å². The highest BCUT2D eigenvalue weighted by atomic mass is 33.1. The van der Waals surface area contributed by atoms with Crippen LogP contribution in [0, 0.1) is 0 Å². The average Bonchev–Trinajstić information content (AvgIpc) is 2.97. The summed E-state index contributed by atoms with van der Waals surface area (Å²) in [4.78, 5) is 12.1. The number of hydrogen-bond acceptors (Lipinski definition) is 5. The van der Waals surface area contributed by atoms with Crippen molar-refractivity contribution >= 4 is 52.7 Å². The van der Waals surface area contributed by atoms with Gasteiger partial charge in [-0.25, -0.2) is 0 Å². The summed E-state index contributed by atoms with van der Waals surface area (Å²) in [6.07, 6.45) is 6.39. The fourth-order valence-corrected chi connectivity index (χ4v) is 18.9. The Morgan fingerprint density at radius 1 is 1.00 bits per heavy atom. The molecule has 9 heteroatoms. The van der Waals surface area contributed by atoms with Crippen LogP contribution in [0.1, 0.15) is 38.5 Å². The molecule has 4 nitrogen and oxygen atoms in total. The Morgan fingerprint density at radius 3 is 2.15 bits per heavy atom. The second kappa shape index (κ2) is 11.8. The smallest absolute Gasteiger partial charge is 0.314 e. The van der Waals surface area contributed by atoms with Crippen LogP contribution in [0.2, 0.25) is 51.9 Å². The highest BCUT2D eigenvalue weighted by Gasteiger charge is 2.39. The quantitative estimate of drug-likeness (QED) is 0.205. The number of nitrogens with one attached hydrogen (secondary N) is 1. The van der Waals surface area contributed by atoms with Crippen LogP contribution in [-0.2, 0) is 13.0 Å². The molecule has 0 aliphatic carbocycles. The third-order valence-corrected chi connectivity index (χ3v) is 16.7. The zero-order valence-corrected chi connectivity index (χ0v) is 23.1. The Morgan fingerprint density at radius 2 is 1.63 bits per heavy atom. The minimum atomic E-state index is -2.17. The van der Waals surface area contributed by atoms with Gasteiger partial charge in [0.25, 0.3) is 0 Å². The summed E-state index contributed by atoms with van der Waals surface area (Å²) in [5.41, 5.74) is 0. The second-order valence-corrected chi connectivity index (χ2v) is 25.2. The summed E-state index contributed by atoms with van der Waals surface area (Å²) < 4.78 is 13.0. The first kappa shape index (κ1) is 25.8. The zero-order valence-electron chi connectivity index (χ0n) is 18.5. The summed E-state index contributed by atoms with van der Waals surface area (Å²) in [7, 11) is -1.43. The molecular formula is C18H41NO3S2Si3. The first-order valence-electron chi connectivity index (χ1n) is 10.3. The normalized spacial score (nSPS) is 18.7. The molecule has 1 amide bonds. The van der Waals surface area contributed by atoms with E-state index in [9.17, 15) is 4.79 Å². The third-order valence-electron chi connectivity index (χ3n) is 4.08. The van der Waals surface area contributed by atoms with Gasteiger partial charge in [0, 0.05) is 24.0 Å². The van der Waals surface area contributed by atoms with Gasteiger partial charge in [0.1, 0.15) is 0 Å². The molecule has 1 aliphatic heterocycles. The van der Waals surface area contributed by atoms with Crippen LogP contribution in [0.25, 0.3) is 0 Å². The summed E-state index contributed by atoms with van der Waals surface area (Å²) in [6.45, 7) is 16.3. The minimum Gasteiger partial charge on any atom is -0.437 e. The first-order chi connectivity index (χ1) is 12.4. The van der Waals surface area contributed by atoms with Gasteiger partial charge in [0.05, 0.1) is 0 Å². The molecular weight excluding hydrogens is 427 g/mol. The van der Waals surface area contributed by atoms with Gasteiger partial charge in [-0.3, -0.25) is 4.79 Å². The predicted octanol–water partition coefficient (Wildman–Crippen LogP) is 5.98. The molecule has 0 bridgehead atoms. The molecule has 160 valence electrons. The van der Waals surface area contributed by atoms with Crippen LogP contribution in [0.5, 0.6) is 0 Å². The van der Waals surface area contributed by atoms with Gasteiger partial charge in [0.15, 0.2) is 16.6 Å². The van der Waals surface area contributed by atoms with Gasteiger partial charge in [-0.05, 0) is 77.6 Å². The van der Waals surface area contributed by atoms with Gasteiger partial charge in [-0.15, -0.1) is 0 Å². The van der Waals surface area contributed by atoms with E-state index >= 15 is 0 Å². The van der Waals surface area contributed by atoms with Gasteiger partial charge in [-0.2, -0.15) is 0 Å². The van der Waals surface area contributed by atoms with Crippen molar-refractivity contribution in [2.24, 2.45) is 0 Å². The van der Waals surface area contributed by atoms with Crippen molar-refractivity contribution < 1.29 is 13.0 Å². The summed E-state index contributed by atoms with van der Waals surface area (Å²) in [5.74, 6) is 1.49. The van der Waals surface area contributed by atoms with Crippen LogP contribution in [0.15, 0.2) is 0 Å². The summed E-state index contributed by atoms with van der Waals surface area (Å²) in [5, 5.41) is 3.91. The molecule has 1 unspecified atom stereocenters. The highest BCUT2D eigenvalue weighted by Crippen LogP contribution is 2.39. The van der Waals surface area contributed by atoms with Crippen molar-refractivity contribution in [3.8, 4) is 0 Å². The lowest BCUT2D eigenvalue weighted by molar-refractivity contribution is -0.121. The number of carbonyl (C=O) groups excluding carboxylic acids is 1. The number of rotatable bonds is 13. The lowest BCUT2D eigenvalue weighted by Crippen LogP contribution is -2.52. The van der Waals surface area contributed by atoms with Crippen molar-refractivity contribution in [2.75, 3.05) is 12.3 Å². The predicted molar refractivity (Wildman–Crippen MR) is 130 cm³/mol.